The van der Waals surface area contributed by atoms with Crippen molar-refractivity contribution in [3.05, 3.63) is 24.2 Å². The maximum absolute atomic E-state index is 12.2. The van der Waals surface area contributed by atoms with Crippen molar-refractivity contribution in [2.24, 2.45) is 5.92 Å². The van der Waals surface area contributed by atoms with E-state index in [4.69, 9.17) is 4.42 Å². The Morgan fingerprint density at radius 3 is 2.95 bits per heavy atom. The number of alkyl halides is 3. The van der Waals surface area contributed by atoms with Crippen molar-refractivity contribution in [1.82, 2.24) is 10.2 Å². The van der Waals surface area contributed by atoms with Crippen molar-refractivity contribution in [2.75, 3.05) is 26.2 Å². The molecular formula is C14H19F3N2O2. The van der Waals surface area contributed by atoms with Crippen LogP contribution in [0.1, 0.15) is 29.6 Å². The molecule has 4 nitrogen and oxygen atoms in total. The van der Waals surface area contributed by atoms with Crippen LogP contribution >= 0.6 is 0 Å². The highest BCUT2D eigenvalue weighted by atomic mass is 19.4. The number of rotatable bonds is 5. The third-order valence-electron chi connectivity index (χ3n) is 3.65. The Morgan fingerprint density at radius 2 is 2.29 bits per heavy atom. The van der Waals surface area contributed by atoms with E-state index < -0.39 is 12.6 Å². The van der Waals surface area contributed by atoms with Gasteiger partial charge in [-0.05, 0) is 31.4 Å². The summed E-state index contributed by atoms with van der Waals surface area (Å²) in [5.74, 6) is -0.0148. The summed E-state index contributed by atoms with van der Waals surface area (Å²) in [4.78, 5) is 13.6. The number of halogens is 3. The van der Waals surface area contributed by atoms with E-state index >= 15 is 0 Å². The minimum atomic E-state index is -4.11. The van der Waals surface area contributed by atoms with Crippen LogP contribution in [0.5, 0.6) is 0 Å². The van der Waals surface area contributed by atoms with Crippen LogP contribution in [0.15, 0.2) is 23.0 Å². The van der Waals surface area contributed by atoms with Gasteiger partial charge in [0.05, 0.1) is 18.2 Å². The Kier molecular flexibility index (Phi) is 5.27. The normalized spacial score (nSPS) is 20.4. The fraction of sp³-hybridized carbons (Fsp3) is 0.643. The summed E-state index contributed by atoms with van der Waals surface area (Å²) in [6.07, 6.45) is -0.304. The number of nitrogens with zero attached hydrogens (tertiary/aromatic N) is 1. The third kappa shape index (κ3) is 5.41. The topological polar surface area (TPSA) is 45.5 Å². The van der Waals surface area contributed by atoms with Gasteiger partial charge in [-0.3, -0.25) is 4.79 Å². The first kappa shape index (κ1) is 15.9. The monoisotopic (exact) mass is 304 g/mol. The molecule has 1 fully saturated rings. The summed E-state index contributed by atoms with van der Waals surface area (Å²) in [6, 6.07) is 1.58. The highest BCUT2D eigenvalue weighted by Gasteiger charge is 2.29. The molecule has 0 spiro atoms. The number of piperidine rings is 1. The molecule has 1 aliphatic rings. The number of amides is 1. The Bertz CT molecular complexity index is 446. The molecule has 0 radical (unpaired) electrons. The maximum Gasteiger partial charge on any atom is 0.390 e. The van der Waals surface area contributed by atoms with Crippen LogP contribution in [-0.4, -0.2) is 43.2 Å². The molecule has 1 atom stereocenters. The summed E-state index contributed by atoms with van der Waals surface area (Å²) >= 11 is 0. The van der Waals surface area contributed by atoms with Gasteiger partial charge >= 0.3 is 6.18 Å². The van der Waals surface area contributed by atoms with E-state index in [-0.39, 0.29) is 18.4 Å². The molecule has 0 saturated carbocycles. The van der Waals surface area contributed by atoms with Crippen LogP contribution in [0.25, 0.3) is 0 Å². The minimum Gasteiger partial charge on any atom is -0.472 e. The zero-order valence-corrected chi connectivity index (χ0v) is 11.7. The molecule has 0 aromatic carbocycles. The number of carbonyl (C=O) groups excluding carboxylic acids is 1. The summed E-state index contributed by atoms with van der Waals surface area (Å²) < 4.78 is 41.5. The van der Waals surface area contributed by atoms with Crippen LogP contribution in [0, 0.1) is 5.92 Å². The Hall–Kier alpha value is -1.50. The summed E-state index contributed by atoms with van der Waals surface area (Å²) in [6.45, 7) is 1.81. The number of nitrogens with one attached hydrogen (secondary N) is 1. The van der Waals surface area contributed by atoms with Crippen molar-refractivity contribution in [3.63, 3.8) is 0 Å². The first-order valence-corrected chi connectivity index (χ1v) is 7.03. The van der Waals surface area contributed by atoms with Gasteiger partial charge in [-0.25, -0.2) is 0 Å². The molecule has 118 valence electrons. The van der Waals surface area contributed by atoms with Crippen LogP contribution in [0.2, 0.25) is 0 Å². The van der Waals surface area contributed by atoms with Crippen LogP contribution < -0.4 is 5.32 Å². The van der Waals surface area contributed by atoms with Crippen molar-refractivity contribution >= 4 is 5.91 Å². The molecule has 21 heavy (non-hydrogen) atoms. The quantitative estimate of drug-likeness (QED) is 0.909. The predicted molar refractivity (Wildman–Crippen MR) is 70.9 cm³/mol. The Balaban J connectivity index is 1.72. The number of likely N-dealkylation sites (tertiary alicyclic amines) is 1. The third-order valence-corrected chi connectivity index (χ3v) is 3.65. The van der Waals surface area contributed by atoms with Crippen LogP contribution in [-0.2, 0) is 0 Å². The highest BCUT2D eigenvalue weighted by molar-refractivity contribution is 5.93. The first-order chi connectivity index (χ1) is 9.94. The average molecular weight is 304 g/mol. The molecule has 1 aromatic heterocycles. The van der Waals surface area contributed by atoms with Gasteiger partial charge in [0, 0.05) is 19.6 Å². The lowest BCUT2D eigenvalue weighted by Crippen LogP contribution is -2.42. The standard InChI is InChI=1S/C14H19F3N2O2/c15-14(16,17)4-6-19-5-1-2-11(9-19)8-18-13(20)12-3-7-21-10-12/h3,7,10-11H,1-2,4-6,8-9H2,(H,18,20). The SMILES string of the molecule is O=C(NCC1CCCN(CCC(F)(F)F)C1)c1ccoc1. The van der Waals surface area contributed by atoms with Gasteiger partial charge < -0.3 is 14.6 Å². The number of hydrogen-bond donors (Lipinski definition) is 1. The highest BCUT2D eigenvalue weighted by Crippen LogP contribution is 2.22. The Morgan fingerprint density at radius 1 is 1.48 bits per heavy atom. The predicted octanol–water partition coefficient (Wildman–Crippen LogP) is 2.67. The van der Waals surface area contributed by atoms with Gasteiger partial charge in [0.15, 0.2) is 0 Å². The van der Waals surface area contributed by atoms with E-state index in [1.165, 1.54) is 12.5 Å². The summed E-state index contributed by atoms with van der Waals surface area (Å²) in [5, 5.41) is 2.80. The fourth-order valence-electron chi connectivity index (χ4n) is 2.54. The second-order valence-electron chi connectivity index (χ2n) is 5.40. The molecule has 0 aliphatic carbocycles. The van der Waals surface area contributed by atoms with Crippen molar-refractivity contribution < 1.29 is 22.4 Å². The molecule has 7 heteroatoms. The molecule has 1 unspecified atom stereocenters. The van der Waals surface area contributed by atoms with E-state index in [2.05, 4.69) is 5.32 Å². The summed E-state index contributed by atoms with van der Waals surface area (Å²) in [5.41, 5.74) is 0.458. The molecule has 1 amide bonds. The van der Waals surface area contributed by atoms with Gasteiger partial charge in [-0.1, -0.05) is 0 Å². The molecule has 1 aliphatic heterocycles. The van der Waals surface area contributed by atoms with Gasteiger partial charge in [0.1, 0.15) is 6.26 Å². The molecular weight excluding hydrogens is 285 g/mol. The minimum absolute atomic E-state index is 0.0374. The lowest BCUT2D eigenvalue weighted by atomic mass is 9.97. The van der Waals surface area contributed by atoms with E-state index in [1.54, 1.807) is 6.07 Å². The number of furan rings is 1. The van der Waals surface area contributed by atoms with Gasteiger partial charge in [-0.2, -0.15) is 13.2 Å². The largest absolute Gasteiger partial charge is 0.472 e. The number of carbonyl (C=O) groups is 1. The van der Waals surface area contributed by atoms with E-state index in [0.717, 1.165) is 12.8 Å². The van der Waals surface area contributed by atoms with E-state index in [0.29, 0.717) is 25.2 Å². The number of hydrogen-bond acceptors (Lipinski definition) is 3. The summed E-state index contributed by atoms with van der Waals surface area (Å²) in [7, 11) is 0. The van der Waals surface area contributed by atoms with Crippen molar-refractivity contribution in [3.8, 4) is 0 Å². The van der Waals surface area contributed by atoms with Gasteiger partial charge in [0.25, 0.3) is 5.91 Å². The van der Waals surface area contributed by atoms with Gasteiger partial charge in [0.2, 0.25) is 0 Å². The van der Waals surface area contributed by atoms with Gasteiger partial charge in [-0.15, -0.1) is 0 Å². The fourth-order valence-corrected chi connectivity index (χ4v) is 2.54. The molecule has 1 saturated heterocycles. The van der Waals surface area contributed by atoms with E-state index in [1.807, 2.05) is 4.90 Å². The molecule has 1 N–H and O–H groups in total. The lowest BCUT2D eigenvalue weighted by Gasteiger charge is -2.32. The molecule has 1 aromatic rings. The van der Waals surface area contributed by atoms with Crippen molar-refractivity contribution in [1.29, 1.82) is 0 Å². The van der Waals surface area contributed by atoms with Crippen LogP contribution in [0.3, 0.4) is 0 Å². The maximum atomic E-state index is 12.2. The van der Waals surface area contributed by atoms with Crippen LogP contribution in [0.4, 0.5) is 13.2 Å². The molecule has 2 heterocycles. The second-order valence-corrected chi connectivity index (χ2v) is 5.40. The first-order valence-electron chi connectivity index (χ1n) is 7.03. The Labute approximate surface area is 121 Å². The lowest BCUT2D eigenvalue weighted by molar-refractivity contribution is -0.138. The zero-order valence-electron chi connectivity index (χ0n) is 11.7. The molecule has 2 rings (SSSR count). The average Bonchev–Trinajstić information content (AvgIpc) is 2.96. The van der Waals surface area contributed by atoms with E-state index in [9.17, 15) is 18.0 Å². The zero-order chi connectivity index (χ0) is 15.3. The smallest absolute Gasteiger partial charge is 0.390 e. The molecule has 0 bridgehead atoms. The van der Waals surface area contributed by atoms with Crippen molar-refractivity contribution in [2.45, 2.75) is 25.4 Å². The second kappa shape index (κ2) is 6.98.